The lowest BCUT2D eigenvalue weighted by molar-refractivity contribution is -0.181. The van der Waals surface area contributed by atoms with Crippen molar-refractivity contribution >= 4 is 30.0 Å². The van der Waals surface area contributed by atoms with Crippen molar-refractivity contribution in [3.63, 3.8) is 0 Å². The molecular weight excluding hydrogens is 488 g/mol. The highest BCUT2D eigenvalue weighted by Gasteiger charge is 2.68. The monoisotopic (exact) mass is 527 g/mol. The fraction of sp³-hybridized carbons (Fsp3) is 0.655. The molecule has 3 saturated carbocycles. The van der Waals surface area contributed by atoms with E-state index < -0.39 is 59.1 Å². The molecule has 0 aromatic heterocycles. The maximum absolute atomic E-state index is 15.2. The van der Waals surface area contributed by atoms with Gasteiger partial charge in [0.05, 0.1) is 18.4 Å². The van der Waals surface area contributed by atoms with E-state index in [1.165, 1.54) is 12.1 Å². The molecular formula is C29H39BFNO6. The van der Waals surface area contributed by atoms with E-state index in [0.29, 0.717) is 23.9 Å². The van der Waals surface area contributed by atoms with Gasteiger partial charge in [-0.3, -0.25) is 4.79 Å². The third-order valence-corrected chi connectivity index (χ3v) is 11.3. The minimum Gasteiger partial charge on any atom is -0.480 e. The highest BCUT2D eigenvalue weighted by atomic mass is 19.1. The van der Waals surface area contributed by atoms with Gasteiger partial charge in [-0.15, -0.1) is 6.58 Å². The molecule has 4 N–H and O–H groups in total. The zero-order valence-corrected chi connectivity index (χ0v) is 22.7. The molecule has 2 bridgehead atoms. The normalized spacial score (nSPS) is 41.1. The van der Waals surface area contributed by atoms with E-state index in [1.807, 2.05) is 20.8 Å². The number of carbonyl (C=O) groups excluding carboxylic acids is 1. The summed E-state index contributed by atoms with van der Waals surface area (Å²) in [6.07, 6.45) is 3.91. The Hall–Kier alpha value is -2.23. The Balaban J connectivity index is 1.67. The molecule has 9 atom stereocenters. The van der Waals surface area contributed by atoms with Crippen molar-refractivity contribution in [3.8, 4) is 0 Å². The molecule has 1 aromatic rings. The van der Waals surface area contributed by atoms with E-state index >= 15 is 4.39 Å². The smallest absolute Gasteiger partial charge is 0.480 e. The van der Waals surface area contributed by atoms with Crippen LogP contribution < -0.4 is 10.8 Å². The Kier molecular flexibility index (Phi) is 6.60. The molecule has 0 saturated heterocycles. The fourth-order valence-electron chi connectivity index (χ4n) is 8.82. The van der Waals surface area contributed by atoms with Crippen molar-refractivity contribution in [2.45, 2.75) is 78.6 Å². The summed E-state index contributed by atoms with van der Waals surface area (Å²) < 4.78 is 20.4. The predicted molar refractivity (Wildman–Crippen MR) is 142 cm³/mol. The average molecular weight is 527 g/mol. The Morgan fingerprint density at radius 2 is 2.03 bits per heavy atom. The Bertz CT molecular complexity index is 1180. The van der Waals surface area contributed by atoms with E-state index in [2.05, 4.69) is 18.8 Å². The average Bonchev–Trinajstić information content (AvgIpc) is 3.42. The van der Waals surface area contributed by atoms with Gasteiger partial charge in [-0.1, -0.05) is 33.8 Å². The highest BCUT2D eigenvalue weighted by molar-refractivity contribution is 6.61. The lowest BCUT2D eigenvalue weighted by Crippen LogP contribution is -2.63. The second kappa shape index (κ2) is 9.17. The van der Waals surface area contributed by atoms with Crippen LogP contribution in [-0.2, 0) is 20.9 Å². The molecule has 0 radical (unpaired) electrons. The largest absolute Gasteiger partial charge is 0.491 e. The second-order valence-electron chi connectivity index (χ2n) is 12.8. The summed E-state index contributed by atoms with van der Waals surface area (Å²) in [6.45, 7) is 12.2. The molecule has 7 nitrogen and oxygen atoms in total. The van der Waals surface area contributed by atoms with Crippen LogP contribution in [0.1, 0.15) is 65.4 Å². The summed E-state index contributed by atoms with van der Waals surface area (Å²) in [5.41, 5.74) is -1.07. The molecule has 0 spiro atoms. The van der Waals surface area contributed by atoms with E-state index in [1.54, 1.807) is 6.08 Å². The summed E-state index contributed by atoms with van der Waals surface area (Å²) in [5.74, 6) is -2.80. The predicted octanol–water partition coefficient (Wildman–Crippen LogP) is 3.52. The first-order valence-electron chi connectivity index (χ1n) is 13.8. The quantitative estimate of drug-likeness (QED) is 0.342. The topological polar surface area (TPSA) is 116 Å². The minimum absolute atomic E-state index is 0.0342. The Morgan fingerprint density at radius 3 is 2.68 bits per heavy atom. The van der Waals surface area contributed by atoms with Crippen molar-refractivity contribution < 1.29 is 33.9 Å². The van der Waals surface area contributed by atoms with E-state index in [-0.39, 0.29) is 36.3 Å². The molecule has 3 aliphatic carbocycles. The number of aliphatic carboxylic acids is 1. The van der Waals surface area contributed by atoms with Crippen molar-refractivity contribution in [1.29, 1.82) is 0 Å². The molecule has 5 rings (SSSR count). The lowest BCUT2D eigenvalue weighted by Gasteiger charge is -2.63. The number of rotatable bonds is 5. The van der Waals surface area contributed by atoms with Crippen LogP contribution in [-0.4, -0.2) is 46.3 Å². The van der Waals surface area contributed by atoms with Gasteiger partial charge in [0.15, 0.2) is 0 Å². The number of hydrogen-bond acceptors (Lipinski definition) is 6. The van der Waals surface area contributed by atoms with E-state index in [4.69, 9.17) is 4.65 Å². The molecule has 4 aliphatic rings. The third kappa shape index (κ3) is 3.72. The first kappa shape index (κ1) is 27.3. The van der Waals surface area contributed by atoms with Gasteiger partial charge < -0.3 is 25.2 Å². The molecule has 206 valence electrons. The zero-order chi connectivity index (χ0) is 27.8. The minimum atomic E-state index is -1.25. The number of nitrogens with one attached hydrogen (secondary N) is 1. The maximum atomic E-state index is 15.2. The standard InChI is InChI=1S/C29H39BFNO6/c1-6-27(4)13-18(23(26(35)36)32-21-12-19-17(11-20(21)31)14-38-30(19)37)28(5)15(2)7-9-29(16(3)25(27)34)10-8-22(33)24(28)29/h6,11-12,15-16,18,23-25,32,34,37H,1,7-10,13-14H2,2-5H3,(H,35,36)/t15-,16+,18+,23?,24+,25+,27-,28-,29+/m1/s1. The molecule has 9 heteroatoms. The second-order valence-corrected chi connectivity index (χ2v) is 12.8. The lowest BCUT2D eigenvalue weighted by atomic mass is 9.41. The number of carboxylic acid groups (broad SMARTS) is 1. The van der Waals surface area contributed by atoms with Crippen molar-refractivity contribution in [2.24, 2.45) is 39.9 Å². The molecule has 3 fully saturated rings. The van der Waals surface area contributed by atoms with Crippen molar-refractivity contribution in [3.05, 3.63) is 36.2 Å². The number of benzene rings is 1. The van der Waals surface area contributed by atoms with Crippen LogP contribution in [0, 0.1) is 45.7 Å². The first-order valence-corrected chi connectivity index (χ1v) is 13.8. The molecule has 0 amide bonds. The van der Waals surface area contributed by atoms with Gasteiger partial charge in [0.2, 0.25) is 0 Å². The molecule has 38 heavy (non-hydrogen) atoms. The van der Waals surface area contributed by atoms with Crippen LogP contribution in [0.5, 0.6) is 0 Å². The number of hydrogen-bond donors (Lipinski definition) is 4. The number of Topliss-reactive ketones (excluding diaryl/α,β-unsaturated/α-hetero) is 1. The van der Waals surface area contributed by atoms with Crippen LogP contribution in [0.4, 0.5) is 10.1 Å². The molecule has 1 aromatic carbocycles. The van der Waals surface area contributed by atoms with Gasteiger partial charge in [-0.2, -0.15) is 0 Å². The summed E-state index contributed by atoms with van der Waals surface area (Å²) in [6, 6.07) is 1.43. The van der Waals surface area contributed by atoms with Gasteiger partial charge in [-0.25, -0.2) is 9.18 Å². The number of carboxylic acids is 1. The summed E-state index contributed by atoms with van der Waals surface area (Å²) >= 11 is 0. The molecule has 1 aliphatic heterocycles. The summed E-state index contributed by atoms with van der Waals surface area (Å²) in [7, 11) is -1.20. The number of halogens is 1. The van der Waals surface area contributed by atoms with Crippen LogP contribution in [0.3, 0.4) is 0 Å². The Morgan fingerprint density at radius 1 is 1.32 bits per heavy atom. The molecule has 1 heterocycles. The van der Waals surface area contributed by atoms with E-state index in [0.717, 1.165) is 12.8 Å². The zero-order valence-electron chi connectivity index (χ0n) is 22.7. The highest BCUT2D eigenvalue weighted by Crippen LogP contribution is 2.69. The number of carbonyl (C=O) groups is 2. The number of anilines is 1. The van der Waals surface area contributed by atoms with Crippen LogP contribution in [0.2, 0.25) is 0 Å². The van der Waals surface area contributed by atoms with Crippen molar-refractivity contribution in [2.75, 3.05) is 5.32 Å². The van der Waals surface area contributed by atoms with Gasteiger partial charge in [-0.05, 0) is 77.4 Å². The van der Waals surface area contributed by atoms with Crippen molar-refractivity contribution in [1.82, 2.24) is 0 Å². The number of aliphatic hydroxyl groups excluding tert-OH is 1. The number of ketones is 1. The molecule has 1 unspecified atom stereocenters. The number of fused-ring (bicyclic) bond motifs is 1. The van der Waals surface area contributed by atoms with Gasteiger partial charge in [0.25, 0.3) is 0 Å². The number of aliphatic hydroxyl groups is 1. The Labute approximate surface area is 224 Å². The van der Waals surface area contributed by atoms with Gasteiger partial charge in [0.1, 0.15) is 17.6 Å². The van der Waals surface area contributed by atoms with Crippen LogP contribution in [0.15, 0.2) is 24.8 Å². The van der Waals surface area contributed by atoms with Crippen LogP contribution in [0.25, 0.3) is 0 Å². The summed E-state index contributed by atoms with van der Waals surface area (Å²) in [4.78, 5) is 26.7. The van der Waals surface area contributed by atoms with E-state index in [9.17, 15) is 24.8 Å². The SMILES string of the molecule is C=C[C@]1(C)C[C@@H](C(Nc2cc3c(cc2F)COB3O)C(=O)O)[C@@]2(C)[C@H](C)CC[C@]3(CCC(=O)[C@H]32)[C@@H](C)[C@@H]1O. The first-order chi connectivity index (χ1) is 17.8. The van der Waals surface area contributed by atoms with Gasteiger partial charge in [0, 0.05) is 17.8 Å². The summed E-state index contributed by atoms with van der Waals surface area (Å²) in [5, 5.41) is 35.5. The maximum Gasteiger partial charge on any atom is 0.491 e. The van der Waals surface area contributed by atoms with Gasteiger partial charge >= 0.3 is 13.1 Å². The van der Waals surface area contributed by atoms with Crippen LogP contribution >= 0.6 is 0 Å². The third-order valence-electron chi connectivity index (χ3n) is 11.3. The fourth-order valence-corrected chi connectivity index (χ4v) is 8.82.